The highest BCUT2D eigenvalue weighted by molar-refractivity contribution is 5.58. The molecule has 1 aromatic carbocycles. The van der Waals surface area contributed by atoms with Gasteiger partial charge >= 0.3 is 0 Å². The first-order valence-corrected chi connectivity index (χ1v) is 7.03. The Morgan fingerprint density at radius 1 is 1.37 bits per heavy atom. The van der Waals surface area contributed by atoms with Crippen molar-refractivity contribution in [1.82, 2.24) is 5.32 Å². The van der Waals surface area contributed by atoms with Crippen LogP contribution in [-0.2, 0) is 0 Å². The van der Waals surface area contributed by atoms with Crippen molar-refractivity contribution in [3.8, 4) is 5.75 Å². The number of rotatable bonds is 3. The lowest BCUT2D eigenvalue weighted by atomic mass is 9.93. The van der Waals surface area contributed by atoms with Gasteiger partial charge in [-0.2, -0.15) is 0 Å². The summed E-state index contributed by atoms with van der Waals surface area (Å²) in [7, 11) is 1.58. The van der Waals surface area contributed by atoms with Crippen LogP contribution in [0.15, 0.2) is 24.3 Å². The number of methoxy groups -OCH3 is 1. The SMILES string of the molecule is COc1cccc(F)c1/C=C/C1NCC2CCCC21. The molecule has 0 bridgehead atoms. The zero-order valence-electron chi connectivity index (χ0n) is 11.2. The van der Waals surface area contributed by atoms with Crippen molar-refractivity contribution >= 4 is 6.08 Å². The number of ether oxygens (including phenoxy) is 1. The summed E-state index contributed by atoms with van der Waals surface area (Å²) < 4.78 is 19.0. The minimum atomic E-state index is -0.225. The van der Waals surface area contributed by atoms with E-state index in [1.165, 1.54) is 25.3 Å². The van der Waals surface area contributed by atoms with Gasteiger partial charge in [0.15, 0.2) is 0 Å². The van der Waals surface area contributed by atoms with Crippen molar-refractivity contribution in [2.45, 2.75) is 25.3 Å². The van der Waals surface area contributed by atoms with Crippen LogP contribution in [0.25, 0.3) is 6.08 Å². The van der Waals surface area contributed by atoms with Crippen molar-refractivity contribution in [2.75, 3.05) is 13.7 Å². The molecule has 2 nitrogen and oxygen atoms in total. The van der Waals surface area contributed by atoms with Crippen LogP contribution < -0.4 is 10.1 Å². The molecule has 2 fully saturated rings. The Morgan fingerprint density at radius 2 is 2.26 bits per heavy atom. The van der Waals surface area contributed by atoms with E-state index in [1.54, 1.807) is 19.2 Å². The van der Waals surface area contributed by atoms with Crippen LogP contribution in [-0.4, -0.2) is 19.7 Å². The molecule has 1 heterocycles. The number of hydrogen-bond acceptors (Lipinski definition) is 2. The van der Waals surface area contributed by atoms with Crippen molar-refractivity contribution in [3.63, 3.8) is 0 Å². The standard InChI is InChI=1S/C16H20FNO/c1-19-16-7-3-6-14(17)13(16)8-9-15-12-5-2-4-11(12)10-18-15/h3,6-9,11-12,15,18H,2,4-5,10H2,1H3/b9-8+. The fourth-order valence-corrected chi connectivity index (χ4v) is 3.50. The summed E-state index contributed by atoms with van der Waals surface area (Å²) in [5.41, 5.74) is 0.549. The molecule has 3 unspecified atom stereocenters. The number of halogens is 1. The number of benzene rings is 1. The molecule has 19 heavy (non-hydrogen) atoms. The molecule has 0 radical (unpaired) electrons. The number of fused-ring (bicyclic) bond motifs is 1. The van der Waals surface area contributed by atoms with Gasteiger partial charge in [0.05, 0.1) is 12.7 Å². The maximum absolute atomic E-state index is 13.8. The highest BCUT2D eigenvalue weighted by atomic mass is 19.1. The summed E-state index contributed by atoms with van der Waals surface area (Å²) in [4.78, 5) is 0. The van der Waals surface area contributed by atoms with Crippen molar-refractivity contribution in [3.05, 3.63) is 35.7 Å². The van der Waals surface area contributed by atoms with Gasteiger partial charge in [-0.15, -0.1) is 0 Å². The molecular weight excluding hydrogens is 241 g/mol. The summed E-state index contributed by atoms with van der Waals surface area (Å²) >= 11 is 0. The third-order valence-corrected chi connectivity index (χ3v) is 4.50. The summed E-state index contributed by atoms with van der Waals surface area (Å²) in [6.07, 6.45) is 7.94. The molecule has 0 spiro atoms. The quantitative estimate of drug-likeness (QED) is 0.902. The fourth-order valence-electron chi connectivity index (χ4n) is 3.50. The lowest BCUT2D eigenvalue weighted by Gasteiger charge is -2.14. The van der Waals surface area contributed by atoms with Crippen LogP contribution in [0.1, 0.15) is 24.8 Å². The third kappa shape index (κ3) is 2.39. The van der Waals surface area contributed by atoms with Crippen LogP contribution in [0, 0.1) is 17.7 Å². The number of hydrogen-bond donors (Lipinski definition) is 1. The lowest BCUT2D eigenvalue weighted by molar-refractivity contribution is 0.410. The molecule has 1 N–H and O–H groups in total. The van der Waals surface area contributed by atoms with Gasteiger partial charge in [0.2, 0.25) is 0 Å². The van der Waals surface area contributed by atoms with Gasteiger partial charge in [0.1, 0.15) is 11.6 Å². The average molecular weight is 261 g/mol. The van der Waals surface area contributed by atoms with Crippen molar-refractivity contribution < 1.29 is 9.13 Å². The molecule has 102 valence electrons. The van der Waals surface area contributed by atoms with Crippen LogP contribution in [0.4, 0.5) is 4.39 Å². The Balaban J connectivity index is 1.79. The smallest absolute Gasteiger partial charge is 0.134 e. The first kappa shape index (κ1) is 12.7. The van der Waals surface area contributed by atoms with E-state index in [2.05, 4.69) is 11.4 Å². The monoisotopic (exact) mass is 261 g/mol. The molecular formula is C16H20FNO. The minimum Gasteiger partial charge on any atom is -0.496 e. The Hall–Kier alpha value is -1.35. The van der Waals surface area contributed by atoms with E-state index in [1.807, 2.05) is 6.08 Å². The van der Waals surface area contributed by atoms with E-state index in [4.69, 9.17) is 4.74 Å². The second-order valence-electron chi connectivity index (χ2n) is 5.50. The van der Waals surface area contributed by atoms with E-state index < -0.39 is 0 Å². The van der Waals surface area contributed by atoms with E-state index in [0.29, 0.717) is 17.4 Å². The lowest BCUT2D eigenvalue weighted by Crippen LogP contribution is -2.23. The summed E-state index contributed by atoms with van der Waals surface area (Å²) in [6, 6.07) is 5.33. The summed E-state index contributed by atoms with van der Waals surface area (Å²) in [5.74, 6) is 1.92. The van der Waals surface area contributed by atoms with Crippen LogP contribution in [0.2, 0.25) is 0 Å². The normalized spacial score (nSPS) is 29.9. The predicted octanol–water partition coefficient (Wildman–Crippen LogP) is 3.24. The molecule has 3 heteroatoms. The second-order valence-corrected chi connectivity index (χ2v) is 5.50. The molecule has 3 rings (SSSR count). The zero-order chi connectivity index (χ0) is 13.2. The largest absolute Gasteiger partial charge is 0.496 e. The highest BCUT2D eigenvalue weighted by Crippen LogP contribution is 2.38. The molecule has 2 aliphatic rings. The molecule has 1 saturated heterocycles. The third-order valence-electron chi connectivity index (χ3n) is 4.50. The maximum atomic E-state index is 13.8. The van der Waals surface area contributed by atoms with Gasteiger partial charge in [-0.3, -0.25) is 0 Å². The molecule has 1 saturated carbocycles. The molecule has 3 atom stereocenters. The van der Waals surface area contributed by atoms with Crippen LogP contribution in [0.3, 0.4) is 0 Å². The van der Waals surface area contributed by atoms with Gasteiger partial charge in [-0.25, -0.2) is 4.39 Å². The zero-order valence-corrected chi connectivity index (χ0v) is 11.2. The molecule has 1 aromatic rings. The van der Waals surface area contributed by atoms with Crippen molar-refractivity contribution in [1.29, 1.82) is 0 Å². The number of nitrogens with one attached hydrogen (secondary N) is 1. The van der Waals surface area contributed by atoms with E-state index in [9.17, 15) is 4.39 Å². The van der Waals surface area contributed by atoms with Gasteiger partial charge < -0.3 is 10.1 Å². The first-order chi connectivity index (χ1) is 9.29. The Bertz CT molecular complexity index is 486. The van der Waals surface area contributed by atoms with Crippen molar-refractivity contribution in [2.24, 2.45) is 11.8 Å². The van der Waals surface area contributed by atoms with Gasteiger partial charge in [0.25, 0.3) is 0 Å². The highest BCUT2D eigenvalue weighted by Gasteiger charge is 2.37. The van der Waals surface area contributed by atoms with Gasteiger partial charge in [-0.05, 0) is 43.4 Å². The van der Waals surface area contributed by atoms with Crippen LogP contribution >= 0.6 is 0 Å². The molecule has 1 aliphatic heterocycles. The summed E-state index contributed by atoms with van der Waals surface area (Å²) in [5, 5.41) is 3.54. The molecule has 0 amide bonds. The Kier molecular flexibility index (Phi) is 3.56. The topological polar surface area (TPSA) is 21.3 Å². The fraction of sp³-hybridized carbons (Fsp3) is 0.500. The average Bonchev–Trinajstić information content (AvgIpc) is 3.00. The van der Waals surface area contributed by atoms with E-state index in [-0.39, 0.29) is 5.82 Å². The summed E-state index contributed by atoms with van der Waals surface area (Å²) in [6.45, 7) is 1.11. The molecule has 0 aromatic heterocycles. The Labute approximate surface area is 113 Å². The van der Waals surface area contributed by atoms with Gasteiger partial charge in [-0.1, -0.05) is 24.6 Å². The Morgan fingerprint density at radius 3 is 3.11 bits per heavy atom. The maximum Gasteiger partial charge on any atom is 0.134 e. The molecule has 1 aliphatic carbocycles. The van der Waals surface area contributed by atoms with E-state index in [0.717, 1.165) is 18.4 Å². The van der Waals surface area contributed by atoms with E-state index >= 15 is 0 Å². The van der Waals surface area contributed by atoms with Gasteiger partial charge in [0, 0.05) is 6.04 Å². The second kappa shape index (κ2) is 5.33. The van der Waals surface area contributed by atoms with Crippen LogP contribution in [0.5, 0.6) is 5.75 Å². The minimum absolute atomic E-state index is 0.225. The predicted molar refractivity (Wildman–Crippen MR) is 74.6 cm³/mol. The first-order valence-electron chi connectivity index (χ1n) is 7.03.